The van der Waals surface area contributed by atoms with E-state index in [2.05, 4.69) is 174 Å². The van der Waals surface area contributed by atoms with Crippen LogP contribution in [0.5, 0.6) is 0 Å². The molecule has 1 aliphatic heterocycles. The van der Waals surface area contributed by atoms with Crippen molar-refractivity contribution >= 4 is 17.2 Å². The molecular formula is C40H57N3. The van der Waals surface area contributed by atoms with E-state index in [0.717, 1.165) is 17.1 Å². The molecule has 0 aromatic heterocycles. The van der Waals surface area contributed by atoms with Gasteiger partial charge in [0, 0.05) is 11.3 Å². The van der Waals surface area contributed by atoms with Crippen LogP contribution in [0, 0.1) is 0 Å². The third kappa shape index (κ3) is 7.36. The van der Waals surface area contributed by atoms with Gasteiger partial charge in [0.25, 0.3) is 0 Å². The number of amidine groups is 1. The molecule has 0 spiro atoms. The number of rotatable bonds is 3. The number of hydrazone groups is 1. The van der Waals surface area contributed by atoms with Crippen molar-refractivity contribution in [3.05, 3.63) is 94.0 Å². The molecule has 3 aromatic rings. The van der Waals surface area contributed by atoms with E-state index >= 15 is 0 Å². The largest absolute Gasteiger partial charge is 0.304 e. The van der Waals surface area contributed by atoms with Gasteiger partial charge in [0.1, 0.15) is 6.67 Å². The van der Waals surface area contributed by atoms with E-state index in [0.29, 0.717) is 6.67 Å². The van der Waals surface area contributed by atoms with Crippen LogP contribution in [0.2, 0.25) is 0 Å². The molecule has 1 heterocycles. The zero-order valence-electron chi connectivity index (χ0n) is 29.8. The lowest BCUT2D eigenvalue weighted by atomic mass is 9.80. The second-order valence-corrected chi connectivity index (χ2v) is 17.8. The average Bonchev–Trinajstić information content (AvgIpc) is 3.31. The predicted molar refractivity (Wildman–Crippen MR) is 189 cm³/mol. The predicted octanol–water partition coefficient (Wildman–Crippen LogP) is 10.8. The number of nitrogens with zero attached hydrogens (tertiary/aromatic N) is 3. The Labute approximate surface area is 263 Å². The van der Waals surface area contributed by atoms with Crippen LogP contribution in [-0.4, -0.2) is 12.5 Å². The van der Waals surface area contributed by atoms with Crippen molar-refractivity contribution in [2.45, 2.75) is 131 Å². The van der Waals surface area contributed by atoms with Gasteiger partial charge in [-0.3, -0.25) is 0 Å². The third-order valence-electron chi connectivity index (χ3n) is 8.66. The average molecular weight is 580 g/mol. The summed E-state index contributed by atoms with van der Waals surface area (Å²) >= 11 is 0. The second kappa shape index (κ2) is 10.8. The molecule has 0 bridgehead atoms. The molecule has 0 fully saturated rings. The summed E-state index contributed by atoms with van der Waals surface area (Å²) in [4.78, 5) is 2.41. The Morgan fingerprint density at radius 1 is 0.442 bits per heavy atom. The van der Waals surface area contributed by atoms with Gasteiger partial charge >= 0.3 is 0 Å². The minimum absolute atomic E-state index is 0.0315. The first-order valence-electron chi connectivity index (χ1n) is 16.0. The van der Waals surface area contributed by atoms with Crippen LogP contribution >= 0.6 is 0 Å². The Kier molecular flexibility index (Phi) is 8.27. The smallest absolute Gasteiger partial charge is 0.162 e. The molecule has 4 rings (SSSR count). The van der Waals surface area contributed by atoms with Crippen molar-refractivity contribution in [2.24, 2.45) is 5.10 Å². The lowest BCUT2D eigenvalue weighted by Crippen LogP contribution is -2.32. The monoisotopic (exact) mass is 579 g/mol. The van der Waals surface area contributed by atoms with Crippen LogP contribution in [0.25, 0.3) is 0 Å². The highest BCUT2D eigenvalue weighted by molar-refractivity contribution is 6.12. The highest BCUT2D eigenvalue weighted by Crippen LogP contribution is 2.38. The number of hydrogen-bond acceptors (Lipinski definition) is 3. The first kappa shape index (κ1) is 32.8. The molecule has 0 atom stereocenters. The van der Waals surface area contributed by atoms with E-state index in [1.165, 1.54) is 33.5 Å². The maximum Gasteiger partial charge on any atom is 0.162 e. The Morgan fingerprint density at radius 2 is 0.791 bits per heavy atom. The standard InChI is InChI=1S/C40H57N3/c1-36(2,3)28-18-16-27(17-19-28)35-41-43(34-24-31(39(10,11)12)21-32(25-34)40(13,14)15)26-42(35)33-22-29(37(4,5)6)20-30(23-33)38(7,8)9/h16-25H,26H2,1-15H3. The highest BCUT2D eigenvalue weighted by Gasteiger charge is 2.31. The van der Waals surface area contributed by atoms with Crippen molar-refractivity contribution in [3.63, 3.8) is 0 Å². The zero-order valence-corrected chi connectivity index (χ0v) is 29.8. The minimum Gasteiger partial charge on any atom is -0.304 e. The molecule has 232 valence electrons. The topological polar surface area (TPSA) is 18.8 Å². The van der Waals surface area contributed by atoms with Crippen molar-refractivity contribution in [3.8, 4) is 0 Å². The first-order chi connectivity index (χ1) is 19.4. The second-order valence-electron chi connectivity index (χ2n) is 17.8. The van der Waals surface area contributed by atoms with Gasteiger partial charge in [-0.2, -0.15) is 5.10 Å². The normalized spacial score (nSPS) is 15.3. The van der Waals surface area contributed by atoms with Crippen LogP contribution in [0.3, 0.4) is 0 Å². The van der Waals surface area contributed by atoms with Crippen molar-refractivity contribution in [1.29, 1.82) is 0 Å². The summed E-state index contributed by atoms with van der Waals surface area (Å²) < 4.78 is 0. The van der Waals surface area contributed by atoms with Crippen LogP contribution in [0.1, 0.15) is 137 Å². The molecule has 3 nitrogen and oxygen atoms in total. The number of benzene rings is 3. The van der Waals surface area contributed by atoms with E-state index in [1.54, 1.807) is 0 Å². The molecule has 0 unspecified atom stereocenters. The molecule has 3 aromatic carbocycles. The summed E-state index contributed by atoms with van der Waals surface area (Å²) in [5.41, 5.74) is 10.4. The molecule has 1 aliphatic rings. The maximum absolute atomic E-state index is 5.38. The van der Waals surface area contributed by atoms with Crippen LogP contribution in [-0.2, 0) is 27.1 Å². The summed E-state index contributed by atoms with van der Waals surface area (Å²) in [7, 11) is 0. The zero-order chi connectivity index (χ0) is 32.3. The fourth-order valence-corrected chi connectivity index (χ4v) is 5.34. The molecule has 3 heteroatoms. The van der Waals surface area contributed by atoms with Crippen molar-refractivity contribution < 1.29 is 0 Å². The fourth-order valence-electron chi connectivity index (χ4n) is 5.34. The van der Waals surface area contributed by atoms with Gasteiger partial charge in [-0.1, -0.05) is 140 Å². The minimum atomic E-state index is 0.0315. The summed E-state index contributed by atoms with van der Waals surface area (Å²) in [6.45, 7) is 35.1. The van der Waals surface area contributed by atoms with Crippen LogP contribution in [0.15, 0.2) is 65.8 Å². The van der Waals surface area contributed by atoms with E-state index in [4.69, 9.17) is 5.10 Å². The summed E-state index contributed by atoms with van der Waals surface area (Å²) in [5.74, 6) is 0.991. The van der Waals surface area contributed by atoms with Gasteiger partial charge in [0.2, 0.25) is 0 Å². The third-order valence-corrected chi connectivity index (χ3v) is 8.66. The Hall–Kier alpha value is -3.07. The van der Waals surface area contributed by atoms with Gasteiger partial charge < -0.3 is 4.90 Å². The molecule has 0 saturated carbocycles. The number of hydrogen-bond donors (Lipinski definition) is 0. The molecule has 0 amide bonds. The van der Waals surface area contributed by atoms with E-state index in [9.17, 15) is 0 Å². The van der Waals surface area contributed by atoms with E-state index in [1.807, 2.05) is 0 Å². The molecule has 0 aliphatic carbocycles. The van der Waals surface area contributed by atoms with Crippen LogP contribution < -0.4 is 9.91 Å². The van der Waals surface area contributed by atoms with Gasteiger partial charge in [0.15, 0.2) is 5.84 Å². The van der Waals surface area contributed by atoms with Gasteiger partial charge in [-0.25, -0.2) is 5.01 Å². The lowest BCUT2D eigenvalue weighted by molar-refractivity contribution is 0.568. The highest BCUT2D eigenvalue weighted by atomic mass is 15.6. The van der Waals surface area contributed by atoms with Crippen LogP contribution in [0.4, 0.5) is 11.4 Å². The molecule has 0 saturated heterocycles. The number of anilines is 2. The van der Waals surface area contributed by atoms with Gasteiger partial charge in [-0.15, -0.1) is 0 Å². The van der Waals surface area contributed by atoms with Gasteiger partial charge in [-0.05, 0) is 79.2 Å². The molecule has 0 radical (unpaired) electrons. The molecule has 0 N–H and O–H groups in total. The van der Waals surface area contributed by atoms with Crippen molar-refractivity contribution in [1.82, 2.24) is 0 Å². The SMILES string of the molecule is CC(C)(C)c1ccc(C2=NN(c3cc(C(C)(C)C)cc(C(C)(C)C)c3)CN2c2cc(C(C)(C)C)cc(C(C)(C)C)c2)cc1. The molecular weight excluding hydrogens is 522 g/mol. The maximum atomic E-state index is 5.38. The lowest BCUT2D eigenvalue weighted by Gasteiger charge is -2.30. The quantitative estimate of drug-likeness (QED) is 0.307. The summed E-state index contributed by atoms with van der Waals surface area (Å²) in [6, 6.07) is 23.3. The summed E-state index contributed by atoms with van der Waals surface area (Å²) in [6.07, 6.45) is 0. The fraction of sp³-hybridized carbons (Fsp3) is 0.525. The Bertz CT molecular complexity index is 1420. The summed E-state index contributed by atoms with van der Waals surface area (Å²) in [5, 5.41) is 7.59. The van der Waals surface area contributed by atoms with E-state index < -0.39 is 0 Å². The van der Waals surface area contributed by atoms with Crippen molar-refractivity contribution in [2.75, 3.05) is 16.6 Å². The Balaban J connectivity index is 1.93. The van der Waals surface area contributed by atoms with E-state index in [-0.39, 0.29) is 27.1 Å². The first-order valence-corrected chi connectivity index (χ1v) is 16.0. The molecule has 43 heavy (non-hydrogen) atoms. The van der Waals surface area contributed by atoms with Gasteiger partial charge in [0.05, 0.1) is 5.69 Å². The Morgan fingerprint density at radius 3 is 1.14 bits per heavy atom.